The number of aryl methyl sites for hydroxylation is 3. The van der Waals surface area contributed by atoms with Crippen LogP contribution < -0.4 is 15.0 Å². The summed E-state index contributed by atoms with van der Waals surface area (Å²) in [7, 11) is 1.66. The van der Waals surface area contributed by atoms with Crippen LogP contribution in [0.2, 0.25) is 0 Å². The molecule has 4 aromatic rings. The zero-order chi connectivity index (χ0) is 25.2. The maximum absolute atomic E-state index is 13.0. The molecule has 0 unspecified atom stereocenters. The average molecular weight is 485 g/mol. The van der Waals surface area contributed by atoms with Gasteiger partial charge in [0.2, 0.25) is 5.91 Å². The SMILES string of the molecule is COc1ccc(-n2nc3c(N4CCC[C@H](C(=O)NCc5cccc(C)c5)C4)nnc(C)c3c2C)cc1. The Labute approximate surface area is 211 Å². The number of nitrogens with zero attached hydrogens (tertiary/aromatic N) is 5. The van der Waals surface area contributed by atoms with Gasteiger partial charge in [-0.1, -0.05) is 29.8 Å². The molecular formula is C28H32N6O2. The first-order valence-electron chi connectivity index (χ1n) is 12.4. The predicted octanol–water partition coefficient (Wildman–Crippen LogP) is 4.28. The summed E-state index contributed by atoms with van der Waals surface area (Å²) >= 11 is 0. The minimum Gasteiger partial charge on any atom is -0.497 e. The van der Waals surface area contributed by atoms with Crippen molar-refractivity contribution in [2.75, 3.05) is 25.1 Å². The fourth-order valence-electron chi connectivity index (χ4n) is 5.04. The predicted molar refractivity (Wildman–Crippen MR) is 141 cm³/mol. The second-order valence-corrected chi connectivity index (χ2v) is 9.52. The van der Waals surface area contributed by atoms with Crippen LogP contribution in [0.5, 0.6) is 5.75 Å². The van der Waals surface area contributed by atoms with Crippen LogP contribution in [0.25, 0.3) is 16.6 Å². The maximum Gasteiger partial charge on any atom is 0.225 e. The van der Waals surface area contributed by atoms with Crippen LogP contribution >= 0.6 is 0 Å². The molecule has 1 aliphatic rings. The molecule has 0 saturated carbocycles. The highest BCUT2D eigenvalue weighted by Gasteiger charge is 2.29. The molecule has 36 heavy (non-hydrogen) atoms. The number of benzene rings is 2. The van der Waals surface area contributed by atoms with Gasteiger partial charge in [0.1, 0.15) is 11.3 Å². The van der Waals surface area contributed by atoms with Crippen molar-refractivity contribution in [3.63, 3.8) is 0 Å². The molecular weight excluding hydrogens is 452 g/mol. The van der Waals surface area contributed by atoms with Crippen LogP contribution in [0, 0.1) is 26.7 Å². The van der Waals surface area contributed by atoms with Crippen molar-refractivity contribution in [1.82, 2.24) is 25.3 Å². The summed E-state index contributed by atoms with van der Waals surface area (Å²) in [6.07, 6.45) is 1.77. The van der Waals surface area contributed by atoms with Crippen molar-refractivity contribution in [2.24, 2.45) is 5.92 Å². The van der Waals surface area contributed by atoms with E-state index in [0.29, 0.717) is 13.1 Å². The van der Waals surface area contributed by atoms with Crippen molar-refractivity contribution in [1.29, 1.82) is 0 Å². The van der Waals surface area contributed by atoms with Gasteiger partial charge in [0.25, 0.3) is 0 Å². The molecule has 0 aliphatic carbocycles. The molecule has 3 heterocycles. The quantitative estimate of drug-likeness (QED) is 0.440. The third-order valence-corrected chi connectivity index (χ3v) is 6.94. The molecule has 186 valence electrons. The van der Waals surface area contributed by atoms with Gasteiger partial charge in [0, 0.05) is 19.6 Å². The Kier molecular flexibility index (Phi) is 6.59. The molecule has 8 heteroatoms. The zero-order valence-corrected chi connectivity index (χ0v) is 21.3. The molecule has 0 bridgehead atoms. The number of hydrogen-bond acceptors (Lipinski definition) is 6. The second-order valence-electron chi connectivity index (χ2n) is 9.52. The third-order valence-electron chi connectivity index (χ3n) is 6.94. The molecule has 1 N–H and O–H groups in total. The molecule has 1 aliphatic heterocycles. The Bertz CT molecular complexity index is 1400. The highest BCUT2D eigenvalue weighted by atomic mass is 16.5. The number of carbonyl (C=O) groups excluding carboxylic acids is 1. The number of amides is 1. The van der Waals surface area contributed by atoms with Crippen molar-refractivity contribution in [3.8, 4) is 11.4 Å². The highest BCUT2D eigenvalue weighted by Crippen LogP contribution is 2.32. The van der Waals surface area contributed by atoms with E-state index >= 15 is 0 Å². The molecule has 0 spiro atoms. The van der Waals surface area contributed by atoms with Crippen molar-refractivity contribution in [3.05, 3.63) is 71.0 Å². The number of carbonyl (C=O) groups is 1. The summed E-state index contributed by atoms with van der Waals surface area (Å²) < 4.78 is 7.23. The van der Waals surface area contributed by atoms with E-state index in [1.807, 2.05) is 48.0 Å². The number of nitrogens with one attached hydrogen (secondary N) is 1. The highest BCUT2D eigenvalue weighted by molar-refractivity contribution is 5.92. The van der Waals surface area contributed by atoms with Crippen LogP contribution in [-0.2, 0) is 11.3 Å². The van der Waals surface area contributed by atoms with Gasteiger partial charge in [0.05, 0.1) is 35.5 Å². The lowest BCUT2D eigenvalue weighted by molar-refractivity contribution is -0.125. The Morgan fingerprint density at radius 1 is 1.11 bits per heavy atom. The molecule has 2 aromatic heterocycles. The molecule has 1 fully saturated rings. The lowest BCUT2D eigenvalue weighted by atomic mass is 9.96. The first-order valence-corrected chi connectivity index (χ1v) is 12.4. The summed E-state index contributed by atoms with van der Waals surface area (Å²) in [5.74, 6) is 1.51. The zero-order valence-electron chi connectivity index (χ0n) is 21.3. The van der Waals surface area contributed by atoms with Gasteiger partial charge in [-0.15, -0.1) is 5.10 Å². The summed E-state index contributed by atoms with van der Waals surface area (Å²) in [4.78, 5) is 15.2. The molecule has 1 amide bonds. The molecule has 1 atom stereocenters. The first-order chi connectivity index (χ1) is 17.4. The lowest BCUT2D eigenvalue weighted by Crippen LogP contribution is -2.43. The fraction of sp³-hybridized carbons (Fsp3) is 0.357. The Morgan fingerprint density at radius 3 is 2.67 bits per heavy atom. The van der Waals surface area contributed by atoms with Gasteiger partial charge in [-0.2, -0.15) is 10.2 Å². The Balaban J connectivity index is 1.39. The number of rotatable bonds is 6. The van der Waals surface area contributed by atoms with E-state index in [0.717, 1.165) is 64.5 Å². The van der Waals surface area contributed by atoms with Crippen molar-refractivity contribution in [2.45, 2.75) is 40.2 Å². The third kappa shape index (κ3) is 4.63. The Hall–Kier alpha value is -3.94. The first kappa shape index (κ1) is 23.8. The van der Waals surface area contributed by atoms with E-state index in [2.05, 4.69) is 46.4 Å². The average Bonchev–Trinajstić information content (AvgIpc) is 3.25. The van der Waals surface area contributed by atoms with Crippen molar-refractivity contribution < 1.29 is 9.53 Å². The Morgan fingerprint density at radius 2 is 1.92 bits per heavy atom. The minimum absolute atomic E-state index is 0.0810. The monoisotopic (exact) mass is 484 g/mol. The number of methoxy groups -OCH3 is 1. The number of aromatic nitrogens is 4. The summed E-state index contributed by atoms with van der Waals surface area (Å²) in [5.41, 5.74) is 5.92. The van der Waals surface area contributed by atoms with Crippen LogP contribution in [0.1, 0.15) is 35.4 Å². The maximum atomic E-state index is 13.0. The van der Waals surface area contributed by atoms with Crippen LogP contribution in [0.3, 0.4) is 0 Å². The van der Waals surface area contributed by atoms with Gasteiger partial charge in [0.15, 0.2) is 5.82 Å². The van der Waals surface area contributed by atoms with E-state index in [9.17, 15) is 4.79 Å². The van der Waals surface area contributed by atoms with Gasteiger partial charge >= 0.3 is 0 Å². The number of ether oxygens (including phenoxy) is 1. The van der Waals surface area contributed by atoms with E-state index in [4.69, 9.17) is 9.84 Å². The van der Waals surface area contributed by atoms with Crippen LogP contribution in [-0.4, -0.2) is 46.1 Å². The number of fused-ring (bicyclic) bond motifs is 1. The van der Waals surface area contributed by atoms with Gasteiger partial charge < -0.3 is 15.0 Å². The minimum atomic E-state index is -0.105. The second kappa shape index (κ2) is 9.97. The number of hydrogen-bond donors (Lipinski definition) is 1. The number of piperidine rings is 1. The molecule has 0 radical (unpaired) electrons. The summed E-state index contributed by atoms with van der Waals surface area (Å²) in [6, 6.07) is 16.1. The molecule has 5 rings (SSSR count). The molecule has 1 saturated heterocycles. The lowest BCUT2D eigenvalue weighted by Gasteiger charge is -2.32. The van der Waals surface area contributed by atoms with E-state index in [-0.39, 0.29) is 11.8 Å². The topological polar surface area (TPSA) is 85.2 Å². The fourth-order valence-corrected chi connectivity index (χ4v) is 5.04. The van der Waals surface area contributed by atoms with E-state index in [1.165, 1.54) is 5.56 Å². The van der Waals surface area contributed by atoms with Crippen LogP contribution in [0.15, 0.2) is 48.5 Å². The van der Waals surface area contributed by atoms with Gasteiger partial charge in [-0.25, -0.2) is 4.68 Å². The number of anilines is 1. The normalized spacial score (nSPS) is 15.8. The van der Waals surface area contributed by atoms with E-state index < -0.39 is 0 Å². The largest absolute Gasteiger partial charge is 0.497 e. The van der Waals surface area contributed by atoms with Crippen LogP contribution in [0.4, 0.5) is 5.82 Å². The standard InChI is InChI=1S/C28H32N6O2/c1-18-7-5-8-21(15-18)16-29-28(35)22-9-6-14-33(17-22)27-26-25(19(2)30-31-27)20(3)34(32-26)23-10-12-24(36-4)13-11-23/h5,7-8,10-13,15,22H,6,9,14,16-17H2,1-4H3,(H,29,35)/t22-/m0/s1. The molecule has 2 aromatic carbocycles. The van der Waals surface area contributed by atoms with Gasteiger partial charge in [-0.3, -0.25) is 4.79 Å². The molecule has 8 nitrogen and oxygen atoms in total. The summed E-state index contributed by atoms with van der Waals surface area (Å²) in [5, 5.41) is 18.1. The van der Waals surface area contributed by atoms with Gasteiger partial charge in [-0.05, 0) is 63.4 Å². The summed E-state index contributed by atoms with van der Waals surface area (Å²) in [6.45, 7) is 8.03. The van der Waals surface area contributed by atoms with Crippen molar-refractivity contribution >= 4 is 22.6 Å². The smallest absolute Gasteiger partial charge is 0.225 e. The van der Waals surface area contributed by atoms with E-state index in [1.54, 1.807) is 7.11 Å².